The largest absolute Gasteiger partial charge is 0.458 e. The first-order valence-corrected chi connectivity index (χ1v) is 10.6. The van der Waals surface area contributed by atoms with E-state index in [1.807, 2.05) is 31.2 Å². The van der Waals surface area contributed by atoms with Crippen LogP contribution in [0.1, 0.15) is 42.5 Å². The van der Waals surface area contributed by atoms with Crippen LogP contribution in [0, 0.1) is 0 Å². The second-order valence-corrected chi connectivity index (χ2v) is 7.88. The Bertz CT molecular complexity index is 1240. The van der Waals surface area contributed by atoms with Crippen LogP contribution in [0.2, 0.25) is 0 Å². The summed E-state index contributed by atoms with van der Waals surface area (Å²) in [5, 5.41) is 1.12. The SMILES string of the molecule is CCc1c2c(nc3ccccc13)-c1cc3c(c(=O)n1C2)COC(=O)[C@@]3(CC)OI. The summed E-state index contributed by atoms with van der Waals surface area (Å²) in [5.74, 6) is -0.454. The first kappa shape index (κ1) is 18.7. The van der Waals surface area contributed by atoms with Gasteiger partial charge in [0.2, 0.25) is 5.60 Å². The van der Waals surface area contributed by atoms with E-state index in [-0.39, 0.29) is 12.2 Å². The Morgan fingerprint density at radius 2 is 2.03 bits per heavy atom. The lowest BCUT2D eigenvalue weighted by atomic mass is 9.86. The molecule has 0 N–H and O–H groups in total. The van der Waals surface area contributed by atoms with Gasteiger partial charge in [0.05, 0.1) is 29.0 Å². The van der Waals surface area contributed by atoms with Crippen molar-refractivity contribution in [1.29, 1.82) is 0 Å². The van der Waals surface area contributed by atoms with Crippen molar-refractivity contribution in [3.63, 3.8) is 0 Å². The zero-order valence-corrected chi connectivity index (χ0v) is 18.3. The van der Waals surface area contributed by atoms with Gasteiger partial charge in [-0.2, -0.15) is 0 Å². The van der Waals surface area contributed by atoms with Gasteiger partial charge in [-0.25, -0.2) is 9.78 Å². The minimum Gasteiger partial charge on any atom is -0.458 e. The number of hydrogen-bond acceptors (Lipinski definition) is 5. The van der Waals surface area contributed by atoms with Crippen LogP contribution < -0.4 is 5.56 Å². The number of cyclic esters (lactones) is 1. The molecule has 0 saturated carbocycles. The molecule has 6 nitrogen and oxygen atoms in total. The molecule has 1 atom stereocenters. The van der Waals surface area contributed by atoms with Crippen LogP contribution in [0.25, 0.3) is 22.3 Å². The predicted molar refractivity (Wildman–Crippen MR) is 117 cm³/mol. The number of nitrogens with zero attached hydrogens (tertiary/aromatic N) is 2. The quantitative estimate of drug-likeness (QED) is 0.313. The van der Waals surface area contributed by atoms with Gasteiger partial charge in [-0.05, 0) is 30.5 Å². The number of carbonyl (C=O) groups excluding carboxylic acids is 1. The fourth-order valence-corrected chi connectivity index (χ4v) is 5.36. The molecular formula is C22H19IN2O4. The van der Waals surface area contributed by atoms with Crippen LogP contribution in [-0.2, 0) is 37.8 Å². The summed E-state index contributed by atoms with van der Waals surface area (Å²) in [7, 11) is 0. The molecular weight excluding hydrogens is 483 g/mol. The summed E-state index contributed by atoms with van der Waals surface area (Å²) in [4.78, 5) is 30.9. The molecule has 0 fully saturated rings. The van der Waals surface area contributed by atoms with Gasteiger partial charge < -0.3 is 9.30 Å². The Hall–Kier alpha value is -2.26. The van der Waals surface area contributed by atoms with Gasteiger partial charge in [0, 0.05) is 16.5 Å². The van der Waals surface area contributed by atoms with Crippen molar-refractivity contribution in [3.05, 3.63) is 62.9 Å². The summed E-state index contributed by atoms with van der Waals surface area (Å²) >= 11 is 1.73. The number of benzene rings is 1. The first-order chi connectivity index (χ1) is 14.1. The molecule has 0 radical (unpaired) electrons. The number of pyridine rings is 2. The van der Waals surface area contributed by atoms with E-state index in [0.29, 0.717) is 24.1 Å². The van der Waals surface area contributed by atoms with Gasteiger partial charge in [-0.3, -0.25) is 7.86 Å². The highest BCUT2D eigenvalue weighted by atomic mass is 127. The third-order valence-electron chi connectivity index (χ3n) is 6.17. The molecule has 2 aliphatic rings. The number of aromatic nitrogens is 2. The van der Waals surface area contributed by atoms with Gasteiger partial charge >= 0.3 is 5.97 Å². The molecule has 0 amide bonds. The number of para-hydroxylation sites is 1. The van der Waals surface area contributed by atoms with E-state index in [1.165, 1.54) is 5.56 Å². The summed E-state index contributed by atoms with van der Waals surface area (Å²) in [6, 6.07) is 9.97. The van der Waals surface area contributed by atoms with Gasteiger partial charge in [0.25, 0.3) is 5.56 Å². The minimum absolute atomic E-state index is 0.0264. The molecule has 148 valence electrons. The monoisotopic (exact) mass is 502 g/mol. The summed E-state index contributed by atoms with van der Waals surface area (Å²) in [5.41, 5.74) is 4.44. The van der Waals surface area contributed by atoms with Crippen LogP contribution in [0.5, 0.6) is 0 Å². The second-order valence-electron chi connectivity index (χ2n) is 7.44. The van der Waals surface area contributed by atoms with E-state index in [9.17, 15) is 9.59 Å². The number of rotatable bonds is 3. The molecule has 5 rings (SSSR count). The fourth-order valence-electron chi connectivity index (χ4n) is 4.63. The molecule has 3 aromatic rings. The molecule has 29 heavy (non-hydrogen) atoms. The van der Waals surface area contributed by atoms with Crippen LogP contribution >= 0.6 is 23.0 Å². The van der Waals surface area contributed by atoms with Crippen LogP contribution in [0.15, 0.2) is 35.1 Å². The number of aryl methyl sites for hydroxylation is 1. The molecule has 7 heteroatoms. The lowest BCUT2D eigenvalue weighted by Gasteiger charge is -2.33. The average molecular weight is 502 g/mol. The Kier molecular flexibility index (Phi) is 4.29. The summed E-state index contributed by atoms with van der Waals surface area (Å²) in [6.07, 6.45) is 1.23. The molecule has 2 aromatic heterocycles. The van der Waals surface area contributed by atoms with Crippen molar-refractivity contribution in [2.45, 2.75) is 45.4 Å². The van der Waals surface area contributed by atoms with Crippen LogP contribution in [-0.4, -0.2) is 15.5 Å². The zero-order chi connectivity index (χ0) is 20.3. The molecule has 4 heterocycles. The van der Waals surface area contributed by atoms with Gasteiger partial charge in [-0.15, -0.1) is 0 Å². The zero-order valence-electron chi connectivity index (χ0n) is 16.1. The summed E-state index contributed by atoms with van der Waals surface area (Å²) in [6.45, 7) is 4.43. The standard InChI is InChI=1S/C22H19IN2O4/c1-3-12-13-7-5-6-8-17(13)24-19-14(12)10-25-18(19)9-16-15(20(25)26)11-28-21(27)22(16,4-2)29-23/h5-9H,3-4,10-11H2,1-2H3/t22-/m0/s1. The van der Waals surface area contributed by atoms with E-state index in [0.717, 1.165) is 34.3 Å². The maximum atomic E-state index is 13.4. The van der Waals surface area contributed by atoms with Gasteiger partial charge in [0.15, 0.2) is 0 Å². The van der Waals surface area contributed by atoms with Crippen molar-refractivity contribution >= 4 is 39.9 Å². The predicted octanol–water partition coefficient (Wildman–Crippen LogP) is 4.02. The van der Waals surface area contributed by atoms with E-state index >= 15 is 0 Å². The normalized spacial score (nSPS) is 19.6. The first-order valence-electron chi connectivity index (χ1n) is 9.70. The van der Waals surface area contributed by atoms with Gasteiger partial charge in [0.1, 0.15) is 29.6 Å². The van der Waals surface area contributed by atoms with Crippen molar-refractivity contribution in [1.82, 2.24) is 9.55 Å². The number of fused-ring (bicyclic) bond motifs is 5. The number of hydrogen-bond donors (Lipinski definition) is 0. The molecule has 1 aromatic carbocycles. The fraction of sp³-hybridized carbons (Fsp3) is 0.318. The number of esters is 1. The average Bonchev–Trinajstić information content (AvgIpc) is 3.11. The van der Waals surface area contributed by atoms with Crippen LogP contribution in [0.4, 0.5) is 0 Å². The molecule has 2 aliphatic heterocycles. The van der Waals surface area contributed by atoms with Crippen molar-refractivity contribution in [2.75, 3.05) is 0 Å². The Balaban J connectivity index is 1.84. The summed E-state index contributed by atoms with van der Waals surface area (Å²) < 4.78 is 12.7. The topological polar surface area (TPSA) is 70.4 Å². The number of carbonyl (C=O) groups is 1. The molecule has 0 spiro atoms. The number of ether oxygens (including phenoxy) is 1. The molecule has 0 aliphatic carbocycles. The lowest BCUT2D eigenvalue weighted by molar-refractivity contribution is -0.165. The Morgan fingerprint density at radius 1 is 1.24 bits per heavy atom. The smallest absolute Gasteiger partial charge is 0.344 e. The van der Waals surface area contributed by atoms with E-state index < -0.39 is 11.6 Å². The van der Waals surface area contributed by atoms with Crippen LogP contribution in [0.3, 0.4) is 0 Å². The molecule has 0 saturated heterocycles. The minimum atomic E-state index is -1.27. The highest BCUT2D eigenvalue weighted by Gasteiger charge is 2.48. The van der Waals surface area contributed by atoms with Crippen molar-refractivity contribution < 1.29 is 12.6 Å². The maximum absolute atomic E-state index is 13.4. The molecule has 0 unspecified atom stereocenters. The van der Waals surface area contributed by atoms with Crippen molar-refractivity contribution in [2.24, 2.45) is 0 Å². The lowest BCUT2D eigenvalue weighted by Crippen LogP contribution is -2.44. The van der Waals surface area contributed by atoms with E-state index in [1.54, 1.807) is 27.6 Å². The second kappa shape index (κ2) is 6.63. The van der Waals surface area contributed by atoms with Gasteiger partial charge in [-0.1, -0.05) is 32.0 Å². The van der Waals surface area contributed by atoms with E-state index in [4.69, 9.17) is 12.8 Å². The van der Waals surface area contributed by atoms with E-state index in [2.05, 4.69) is 13.0 Å². The maximum Gasteiger partial charge on any atom is 0.344 e. The molecule has 0 bridgehead atoms. The highest BCUT2D eigenvalue weighted by molar-refractivity contribution is 14.1. The Morgan fingerprint density at radius 3 is 2.76 bits per heavy atom. The third kappa shape index (κ3) is 2.40. The number of halogens is 1. The van der Waals surface area contributed by atoms with Crippen molar-refractivity contribution in [3.8, 4) is 11.4 Å². The highest BCUT2D eigenvalue weighted by Crippen LogP contribution is 2.42. The third-order valence-corrected chi connectivity index (χ3v) is 6.92. The Labute approximate surface area is 181 Å².